The Morgan fingerprint density at radius 3 is 2.80 bits per heavy atom. The van der Waals surface area contributed by atoms with E-state index >= 15 is 0 Å². The van der Waals surface area contributed by atoms with Crippen molar-refractivity contribution in [2.24, 2.45) is 5.10 Å². The number of ether oxygens (including phenoxy) is 1. The molecule has 0 fully saturated rings. The van der Waals surface area contributed by atoms with E-state index in [9.17, 15) is 4.79 Å². The van der Waals surface area contributed by atoms with Crippen LogP contribution >= 0.6 is 0 Å². The topological polar surface area (TPSA) is 50.7 Å². The van der Waals surface area contributed by atoms with E-state index in [1.54, 1.807) is 6.08 Å². The summed E-state index contributed by atoms with van der Waals surface area (Å²) in [4.78, 5) is 10.6. The summed E-state index contributed by atoms with van der Waals surface area (Å²) in [6, 6.07) is 9.79. The average molecular weight is 204 g/mol. The molecular weight excluding hydrogens is 192 g/mol. The van der Waals surface area contributed by atoms with Gasteiger partial charge in [0.25, 0.3) is 0 Å². The highest BCUT2D eigenvalue weighted by Gasteiger charge is 1.90. The fourth-order valence-corrected chi connectivity index (χ4v) is 0.897. The maximum atomic E-state index is 10.6. The lowest BCUT2D eigenvalue weighted by Crippen LogP contribution is -2.16. The van der Waals surface area contributed by atoms with E-state index in [1.807, 2.05) is 36.4 Å². The smallest absolute Gasteiger partial charge is 0.427 e. The van der Waals surface area contributed by atoms with E-state index in [4.69, 9.17) is 0 Å². The van der Waals surface area contributed by atoms with E-state index in [-0.39, 0.29) is 0 Å². The predicted molar refractivity (Wildman–Crippen MR) is 59.5 cm³/mol. The van der Waals surface area contributed by atoms with Gasteiger partial charge in [-0.2, -0.15) is 5.10 Å². The molecule has 0 heterocycles. The lowest BCUT2D eigenvalue weighted by molar-refractivity contribution is 0.171. The molecule has 0 spiro atoms. The maximum Gasteiger partial charge on any atom is 0.427 e. The molecule has 0 aliphatic carbocycles. The number of carbonyl (C=O) groups is 1. The zero-order valence-electron chi connectivity index (χ0n) is 8.38. The Kier molecular flexibility index (Phi) is 4.66. The first-order valence-electron chi connectivity index (χ1n) is 4.41. The Hall–Kier alpha value is -2.10. The van der Waals surface area contributed by atoms with Crippen molar-refractivity contribution in [3.8, 4) is 0 Å². The SMILES string of the molecule is COC(=O)N/N=C/C=C/c1ccccc1. The second-order valence-electron chi connectivity index (χ2n) is 2.65. The van der Waals surface area contributed by atoms with Crippen LogP contribution in [0, 0.1) is 0 Å². The molecule has 0 aliphatic rings. The first-order chi connectivity index (χ1) is 7.33. The van der Waals surface area contributed by atoms with Gasteiger partial charge in [-0.15, -0.1) is 0 Å². The summed E-state index contributed by atoms with van der Waals surface area (Å²) in [5.74, 6) is 0. The van der Waals surface area contributed by atoms with Crippen molar-refractivity contribution in [3.05, 3.63) is 42.0 Å². The number of methoxy groups -OCH3 is 1. The van der Waals surface area contributed by atoms with Crippen LogP contribution in [0.4, 0.5) is 4.79 Å². The van der Waals surface area contributed by atoms with E-state index in [2.05, 4.69) is 15.3 Å². The number of allylic oxidation sites excluding steroid dienone is 1. The molecule has 0 aromatic heterocycles. The number of carbonyl (C=O) groups excluding carboxylic acids is 1. The van der Waals surface area contributed by atoms with Crippen molar-refractivity contribution >= 4 is 18.4 Å². The zero-order valence-corrected chi connectivity index (χ0v) is 8.38. The van der Waals surface area contributed by atoms with Gasteiger partial charge in [-0.3, -0.25) is 0 Å². The summed E-state index contributed by atoms with van der Waals surface area (Å²) in [6.45, 7) is 0. The highest BCUT2D eigenvalue weighted by atomic mass is 16.5. The molecule has 0 unspecified atom stereocenters. The number of rotatable bonds is 3. The third-order valence-corrected chi connectivity index (χ3v) is 1.59. The van der Waals surface area contributed by atoms with Crippen molar-refractivity contribution in [1.82, 2.24) is 5.43 Å². The Morgan fingerprint density at radius 1 is 1.40 bits per heavy atom. The van der Waals surface area contributed by atoms with Crippen molar-refractivity contribution in [1.29, 1.82) is 0 Å². The molecule has 15 heavy (non-hydrogen) atoms. The van der Waals surface area contributed by atoms with Gasteiger partial charge >= 0.3 is 6.09 Å². The Bertz CT molecular complexity index is 358. The largest absolute Gasteiger partial charge is 0.452 e. The molecule has 1 aromatic rings. The fraction of sp³-hybridized carbons (Fsp3) is 0.0909. The zero-order chi connectivity index (χ0) is 10.9. The Labute approximate surface area is 88.3 Å². The first kappa shape index (κ1) is 11.0. The molecule has 78 valence electrons. The van der Waals surface area contributed by atoms with E-state index in [1.165, 1.54) is 13.3 Å². The van der Waals surface area contributed by atoms with Crippen LogP contribution in [-0.4, -0.2) is 19.4 Å². The number of nitrogens with zero attached hydrogens (tertiary/aromatic N) is 1. The van der Waals surface area contributed by atoms with Crippen molar-refractivity contribution in [3.63, 3.8) is 0 Å². The number of hydrogen-bond donors (Lipinski definition) is 1. The Morgan fingerprint density at radius 2 is 2.13 bits per heavy atom. The molecule has 0 bridgehead atoms. The molecule has 4 nitrogen and oxygen atoms in total. The van der Waals surface area contributed by atoms with Crippen LogP contribution in [-0.2, 0) is 4.74 Å². The van der Waals surface area contributed by atoms with Crippen LogP contribution < -0.4 is 5.43 Å². The van der Waals surface area contributed by atoms with Crippen LogP contribution in [0.5, 0.6) is 0 Å². The third kappa shape index (κ3) is 4.61. The van der Waals surface area contributed by atoms with Gasteiger partial charge in [-0.1, -0.05) is 36.4 Å². The summed E-state index contributed by atoms with van der Waals surface area (Å²) in [6.07, 6.45) is 4.50. The fourth-order valence-electron chi connectivity index (χ4n) is 0.897. The molecule has 0 atom stereocenters. The third-order valence-electron chi connectivity index (χ3n) is 1.59. The van der Waals surface area contributed by atoms with Crippen LogP contribution in [0.1, 0.15) is 5.56 Å². The average Bonchev–Trinajstić information content (AvgIpc) is 2.29. The molecule has 0 radical (unpaired) electrons. The number of hydrogen-bond acceptors (Lipinski definition) is 3. The van der Waals surface area contributed by atoms with Gasteiger partial charge in [0.05, 0.1) is 7.11 Å². The minimum Gasteiger partial charge on any atom is -0.452 e. The standard InChI is InChI=1S/C11H12N2O2/c1-15-11(14)13-12-9-5-8-10-6-3-2-4-7-10/h2-9H,1H3,(H,13,14)/b8-5+,12-9+. The molecule has 1 aromatic carbocycles. The van der Waals surface area contributed by atoms with Crippen LogP contribution in [0.25, 0.3) is 6.08 Å². The highest BCUT2D eigenvalue weighted by molar-refractivity contribution is 5.79. The molecule has 4 heteroatoms. The molecule has 1 N–H and O–H groups in total. The molecule has 1 rings (SSSR count). The normalized spacial score (nSPS) is 10.7. The van der Waals surface area contributed by atoms with E-state index < -0.39 is 6.09 Å². The second-order valence-corrected chi connectivity index (χ2v) is 2.65. The number of amides is 1. The Balaban J connectivity index is 2.37. The van der Waals surface area contributed by atoms with Crippen molar-refractivity contribution in [2.75, 3.05) is 7.11 Å². The highest BCUT2D eigenvalue weighted by Crippen LogP contribution is 1.99. The van der Waals surface area contributed by atoms with Crippen LogP contribution in [0.2, 0.25) is 0 Å². The van der Waals surface area contributed by atoms with Crippen LogP contribution in [0.15, 0.2) is 41.5 Å². The molecule has 0 aliphatic heterocycles. The maximum absolute atomic E-state index is 10.6. The lowest BCUT2D eigenvalue weighted by atomic mass is 10.2. The number of hydrazone groups is 1. The van der Waals surface area contributed by atoms with Gasteiger partial charge in [0.1, 0.15) is 0 Å². The summed E-state index contributed by atoms with van der Waals surface area (Å²) in [5, 5.41) is 3.62. The van der Waals surface area contributed by atoms with Crippen LogP contribution in [0.3, 0.4) is 0 Å². The number of nitrogens with one attached hydrogen (secondary N) is 1. The molecule has 0 saturated heterocycles. The molecule has 1 amide bonds. The minimum atomic E-state index is -0.584. The summed E-state index contributed by atoms with van der Waals surface area (Å²) in [7, 11) is 1.28. The molecule has 0 saturated carbocycles. The summed E-state index contributed by atoms with van der Waals surface area (Å²) in [5.41, 5.74) is 3.25. The van der Waals surface area contributed by atoms with Gasteiger partial charge in [-0.25, -0.2) is 10.2 Å². The summed E-state index contributed by atoms with van der Waals surface area (Å²) >= 11 is 0. The monoisotopic (exact) mass is 204 g/mol. The summed E-state index contributed by atoms with van der Waals surface area (Å²) < 4.78 is 4.33. The lowest BCUT2D eigenvalue weighted by Gasteiger charge is -1.93. The van der Waals surface area contributed by atoms with Crippen molar-refractivity contribution in [2.45, 2.75) is 0 Å². The van der Waals surface area contributed by atoms with Gasteiger partial charge in [0, 0.05) is 6.21 Å². The second kappa shape index (κ2) is 6.37. The van der Waals surface area contributed by atoms with Gasteiger partial charge in [0.2, 0.25) is 0 Å². The van der Waals surface area contributed by atoms with Gasteiger partial charge < -0.3 is 4.74 Å². The van der Waals surface area contributed by atoms with E-state index in [0.29, 0.717) is 0 Å². The predicted octanol–water partition coefficient (Wildman–Crippen LogP) is 2.04. The van der Waals surface area contributed by atoms with E-state index in [0.717, 1.165) is 5.56 Å². The van der Waals surface area contributed by atoms with Crippen molar-refractivity contribution < 1.29 is 9.53 Å². The quantitative estimate of drug-likeness (QED) is 0.605. The molecular formula is C11H12N2O2. The first-order valence-corrected chi connectivity index (χ1v) is 4.41. The van der Waals surface area contributed by atoms with Gasteiger partial charge in [-0.05, 0) is 11.6 Å². The number of benzene rings is 1. The minimum absolute atomic E-state index is 0.584. The van der Waals surface area contributed by atoms with Gasteiger partial charge in [0.15, 0.2) is 0 Å².